The number of rotatable bonds is 2. The third kappa shape index (κ3) is 2.43. The van der Waals surface area contributed by atoms with E-state index in [0.29, 0.717) is 24.6 Å². The van der Waals surface area contributed by atoms with Crippen LogP contribution in [0.25, 0.3) is 0 Å². The van der Waals surface area contributed by atoms with Crippen LogP contribution in [0.2, 0.25) is 0 Å². The zero-order valence-electron chi connectivity index (χ0n) is 11.7. The summed E-state index contributed by atoms with van der Waals surface area (Å²) in [7, 11) is -3.45. The number of morpholine rings is 1. The summed E-state index contributed by atoms with van der Waals surface area (Å²) < 4.78 is 37.9. The molecule has 1 saturated heterocycles. The maximum atomic E-state index is 12.7. The van der Waals surface area contributed by atoms with Crippen LogP contribution in [-0.2, 0) is 21.2 Å². The van der Waals surface area contributed by atoms with Crippen LogP contribution in [0.4, 0.5) is 0 Å². The Hall–Kier alpha value is -1.11. The van der Waals surface area contributed by atoms with Crippen molar-refractivity contribution in [1.82, 2.24) is 4.31 Å². The van der Waals surface area contributed by atoms with Gasteiger partial charge in [0, 0.05) is 19.5 Å². The van der Waals surface area contributed by atoms with Crippen molar-refractivity contribution in [1.29, 1.82) is 0 Å². The van der Waals surface area contributed by atoms with Gasteiger partial charge in [-0.3, -0.25) is 0 Å². The van der Waals surface area contributed by atoms with Gasteiger partial charge in [0.25, 0.3) is 0 Å². The van der Waals surface area contributed by atoms with Gasteiger partial charge in [-0.2, -0.15) is 4.31 Å². The fraction of sp³-hybridized carbons (Fsp3) is 0.571. The van der Waals surface area contributed by atoms with Gasteiger partial charge in [-0.05, 0) is 37.6 Å². The van der Waals surface area contributed by atoms with Crippen LogP contribution < -0.4 is 4.74 Å². The molecule has 2 heterocycles. The Balaban J connectivity index is 1.91. The lowest BCUT2D eigenvalue weighted by Crippen LogP contribution is -2.48. The zero-order valence-corrected chi connectivity index (χ0v) is 12.5. The molecule has 0 aliphatic carbocycles. The van der Waals surface area contributed by atoms with Crippen LogP contribution >= 0.6 is 0 Å². The first-order valence-electron chi connectivity index (χ1n) is 6.88. The lowest BCUT2D eigenvalue weighted by molar-refractivity contribution is -0.0440. The first-order chi connectivity index (χ1) is 9.46. The summed E-state index contributed by atoms with van der Waals surface area (Å²) >= 11 is 0. The highest BCUT2D eigenvalue weighted by Gasteiger charge is 2.32. The van der Waals surface area contributed by atoms with Crippen LogP contribution in [0, 0.1) is 0 Å². The van der Waals surface area contributed by atoms with Crippen LogP contribution in [0.3, 0.4) is 0 Å². The summed E-state index contributed by atoms with van der Waals surface area (Å²) in [4.78, 5) is 0.350. The Kier molecular flexibility index (Phi) is 3.48. The topological polar surface area (TPSA) is 55.8 Å². The Labute approximate surface area is 119 Å². The maximum Gasteiger partial charge on any atom is 0.243 e. The summed E-state index contributed by atoms with van der Waals surface area (Å²) in [6.07, 6.45) is 0.617. The molecule has 20 heavy (non-hydrogen) atoms. The molecule has 0 radical (unpaired) electrons. The zero-order chi connectivity index (χ0) is 14.3. The minimum absolute atomic E-state index is 0.0775. The summed E-state index contributed by atoms with van der Waals surface area (Å²) in [5, 5.41) is 0. The largest absolute Gasteiger partial charge is 0.493 e. The fourth-order valence-electron chi connectivity index (χ4n) is 2.80. The van der Waals surface area contributed by atoms with Gasteiger partial charge >= 0.3 is 0 Å². The molecule has 2 atom stereocenters. The van der Waals surface area contributed by atoms with E-state index in [0.717, 1.165) is 17.7 Å². The van der Waals surface area contributed by atoms with E-state index < -0.39 is 10.0 Å². The second-order valence-electron chi connectivity index (χ2n) is 5.45. The monoisotopic (exact) mass is 297 g/mol. The van der Waals surface area contributed by atoms with E-state index in [-0.39, 0.29) is 12.2 Å². The predicted octanol–water partition coefficient (Wildman–Crippen LogP) is 1.42. The van der Waals surface area contributed by atoms with Crippen molar-refractivity contribution in [3.63, 3.8) is 0 Å². The van der Waals surface area contributed by atoms with Gasteiger partial charge in [-0.1, -0.05) is 0 Å². The first kappa shape index (κ1) is 13.9. The normalized spacial score (nSPS) is 27.1. The van der Waals surface area contributed by atoms with Crippen molar-refractivity contribution >= 4 is 10.0 Å². The molecule has 0 saturated carbocycles. The molecular formula is C14H19NO4S. The molecule has 0 aromatic heterocycles. The van der Waals surface area contributed by atoms with Crippen LogP contribution in [0.15, 0.2) is 23.1 Å². The smallest absolute Gasteiger partial charge is 0.243 e. The maximum absolute atomic E-state index is 12.7. The van der Waals surface area contributed by atoms with Gasteiger partial charge in [0.2, 0.25) is 10.0 Å². The van der Waals surface area contributed by atoms with E-state index in [1.165, 1.54) is 4.31 Å². The molecule has 5 nitrogen and oxygen atoms in total. The Morgan fingerprint density at radius 1 is 1.20 bits per heavy atom. The van der Waals surface area contributed by atoms with Crippen molar-refractivity contribution in [3.05, 3.63) is 23.8 Å². The highest BCUT2D eigenvalue weighted by atomic mass is 32.2. The van der Waals surface area contributed by atoms with Gasteiger partial charge in [0.1, 0.15) is 5.75 Å². The molecule has 1 fully saturated rings. The highest BCUT2D eigenvalue weighted by Crippen LogP contribution is 2.29. The van der Waals surface area contributed by atoms with E-state index in [1.807, 2.05) is 13.8 Å². The third-order valence-corrected chi connectivity index (χ3v) is 5.51. The summed E-state index contributed by atoms with van der Waals surface area (Å²) in [6.45, 7) is 5.23. The van der Waals surface area contributed by atoms with Gasteiger partial charge in [-0.25, -0.2) is 8.42 Å². The molecule has 0 N–H and O–H groups in total. The standard InChI is InChI=1S/C14H19NO4S/c1-10-8-15(9-11(2)19-10)20(16,17)13-3-4-14-12(7-13)5-6-18-14/h3-4,7,10-11H,5-6,8-9H2,1-2H3/t10-,11-/m1/s1. The van der Waals surface area contributed by atoms with Gasteiger partial charge in [0.05, 0.1) is 23.7 Å². The number of ether oxygens (including phenoxy) is 2. The third-order valence-electron chi connectivity index (χ3n) is 3.68. The quantitative estimate of drug-likeness (QED) is 0.828. The second kappa shape index (κ2) is 5.02. The molecule has 110 valence electrons. The van der Waals surface area contributed by atoms with Crippen LogP contribution in [-0.4, -0.2) is 44.6 Å². The van der Waals surface area contributed by atoms with Crippen molar-refractivity contribution in [2.75, 3.05) is 19.7 Å². The number of benzene rings is 1. The van der Waals surface area contributed by atoms with E-state index in [1.54, 1.807) is 18.2 Å². The van der Waals surface area contributed by atoms with E-state index in [2.05, 4.69) is 0 Å². The van der Waals surface area contributed by atoms with Crippen molar-refractivity contribution in [2.45, 2.75) is 37.4 Å². The molecule has 1 aromatic carbocycles. The minimum atomic E-state index is -3.45. The van der Waals surface area contributed by atoms with E-state index in [9.17, 15) is 8.42 Å². The summed E-state index contributed by atoms with van der Waals surface area (Å²) in [5.41, 5.74) is 0.973. The molecule has 0 unspecified atom stereocenters. The molecule has 1 aromatic rings. The molecule has 0 spiro atoms. The van der Waals surface area contributed by atoms with Crippen LogP contribution in [0.1, 0.15) is 19.4 Å². The molecular weight excluding hydrogens is 278 g/mol. The Morgan fingerprint density at radius 2 is 1.90 bits per heavy atom. The van der Waals surface area contributed by atoms with Gasteiger partial charge in [0.15, 0.2) is 0 Å². The minimum Gasteiger partial charge on any atom is -0.493 e. The molecule has 0 amide bonds. The van der Waals surface area contributed by atoms with Crippen LogP contribution in [0.5, 0.6) is 5.75 Å². The van der Waals surface area contributed by atoms with Crippen molar-refractivity contribution in [3.8, 4) is 5.75 Å². The summed E-state index contributed by atoms with van der Waals surface area (Å²) in [6, 6.07) is 5.12. The predicted molar refractivity (Wildman–Crippen MR) is 74.4 cm³/mol. The Bertz CT molecular complexity index is 604. The summed E-state index contributed by atoms with van der Waals surface area (Å²) in [5.74, 6) is 0.799. The van der Waals surface area contributed by atoms with E-state index in [4.69, 9.17) is 9.47 Å². The first-order valence-corrected chi connectivity index (χ1v) is 8.32. The number of nitrogens with zero attached hydrogens (tertiary/aromatic N) is 1. The molecule has 2 aliphatic heterocycles. The van der Waals surface area contributed by atoms with Gasteiger partial charge < -0.3 is 9.47 Å². The number of hydrogen-bond acceptors (Lipinski definition) is 4. The average molecular weight is 297 g/mol. The molecule has 2 aliphatic rings. The Morgan fingerprint density at radius 3 is 2.60 bits per heavy atom. The second-order valence-corrected chi connectivity index (χ2v) is 7.39. The number of hydrogen-bond donors (Lipinski definition) is 0. The number of sulfonamides is 1. The van der Waals surface area contributed by atoms with Crippen molar-refractivity contribution < 1.29 is 17.9 Å². The van der Waals surface area contributed by atoms with Gasteiger partial charge in [-0.15, -0.1) is 0 Å². The van der Waals surface area contributed by atoms with E-state index >= 15 is 0 Å². The molecule has 6 heteroatoms. The lowest BCUT2D eigenvalue weighted by Gasteiger charge is -2.34. The van der Waals surface area contributed by atoms with Crippen molar-refractivity contribution in [2.24, 2.45) is 0 Å². The fourth-order valence-corrected chi connectivity index (χ4v) is 4.44. The average Bonchev–Trinajstić information content (AvgIpc) is 2.84. The number of fused-ring (bicyclic) bond motifs is 1. The molecule has 3 rings (SSSR count). The SMILES string of the molecule is C[C@@H]1CN(S(=O)(=O)c2ccc3c(c2)CCO3)C[C@@H](C)O1. The lowest BCUT2D eigenvalue weighted by atomic mass is 10.2. The molecule has 0 bridgehead atoms. The highest BCUT2D eigenvalue weighted by molar-refractivity contribution is 7.89.